The maximum absolute atomic E-state index is 14.5. The van der Waals surface area contributed by atoms with Crippen LogP contribution in [0.1, 0.15) is 65.0 Å². The molecule has 13 heteroatoms. The van der Waals surface area contributed by atoms with E-state index in [0.29, 0.717) is 49.5 Å². The molecule has 2 heterocycles. The van der Waals surface area contributed by atoms with Crippen LogP contribution >= 0.6 is 0 Å². The summed E-state index contributed by atoms with van der Waals surface area (Å²) in [6.45, 7) is 9.82. The lowest BCUT2D eigenvalue weighted by Gasteiger charge is -2.40. The van der Waals surface area contributed by atoms with Crippen LogP contribution in [-0.2, 0) is 41.6 Å². The van der Waals surface area contributed by atoms with Gasteiger partial charge in [-0.2, -0.15) is 0 Å². The number of carbonyl (C=O) groups excluding carboxylic acids is 5. The molecule has 3 atom stereocenters. The standard InChI is InChI=1S/C37H50N4O9/c1-8-23(2)32(39-33(43)24-15-17-40(18-16-24)36(46)50-37(3,4)5)35(45)41-21-26-19-29(49-22-31(42)48-7)12-9-25(26)20-30(41)34(44)38-27-10-13-28(47-6)14-11-27/h9-14,19,23-24,30,32H,8,15-18,20-22H2,1-7H3,(H,38,44)(H,39,43)/t23-,30-,32-/m0/s1. The summed E-state index contributed by atoms with van der Waals surface area (Å²) in [5.41, 5.74) is 1.55. The van der Waals surface area contributed by atoms with Gasteiger partial charge in [0.25, 0.3) is 0 Å². The van der Waals surface area contributed by atoms with Gasteiger partial charge in [-0.05, 0) is 87.1 Å². The van der Waals surface area contributed by atoms with Crippen LogP contribution in [0.15, 0.2) is 42.5 Å². The Morgan fingerprint density at radius 1 is 0.920 bits per heavy atom. The molecule has 272 valence electrons. The molecule has 2 aromatic rings. The van der Waals surface area contributed by atoms with Crippen LogP contribution in [0.3, 0.4) is 0 Å². The van der Waals surface area contributed by atoms with Gasteiger partial charge in [-0.25, -0.2) is 9.59 Å². The summed E-state index contributed by atoms with van der Waals surface area (Å²) in [5.74, 6) is -1.11. The summed E-state index contributed by atoms with van der Waals surface area (Å²) in [6, 6.07) is 10.4. The largest absolute Gasteiger partial charge is 0.497 e. The minimum absolute atomic E-state index is 0.0847. The monoisotopic (exact) mass is 694 g/mol. The van der Waals surface area contributed by atoms with Crippen LogP contribution in [0.5, 0.6) is 11.5 Å². The Morgan fingerprint density at radius 3 is 2.18 bits per heavy atom. The fourth-order valence-electron chi connectivity index (χ4n) is 6.00. The Balaban J connectivity index is 1.55. The smallest absolute Gasteiger partial charge is 0.410 e. The maximum Gasteiger partial charge on any atom is 0.410 e. The van der Waals surface area contributed by atoms with E-state index >= 15 is 0 Å². The number of ether oxygens (including phenoxy) is 4. The third kappa shape index (κ3) is 9.88. The van der Waals surface area contributed by atoms with Crippen LogP contribution in [0.4, 0.5) is 10.5 Å². The normalized spacial score (nSPS) is 17.5. The number of nitrogens with zero attached hydrogens (tertiary/aromatic N) is 2. The van der Waals surface area contributed by atoms with Crippen molar-refractivity contribution >= 4 is 35.5 Å². The number of rotatable bonds is 11. The predicted octanol–water partition coefficient (Wildman–Crippen LogP) is 4.32. The molecule has 0 saturated carbocycles. The van der Waals surface area contributed by atoms with Crippen molar-refractivity contribution in [2.24, 2.45) is 11.8 Å². The zero-order chi connectivity index (χ0) is 36.6. The summed E-state index contributed by atoms with van der Waals surface area (Å²) >= 11 is 0. The number of piperidine rings is 1. The molecule has 0 spiro atoms. The van der Waals surface area contributed by atoms with Crippen LogP contribution in [0.2, 0.25) is 0 Å². The van der Waals surface area contributed by atoms with Gasteiger partial charge < -0.3 is 39.4 Å². The molecule has 2 N–H and O–H groups in total. The van der Waals surface area contributed by atoms with Gasteiger partial charge in [-0.3, -0.25) is 14.4 Å². The molecule has 4 amide bonds. The molecular weight excluding hydrogens is 644 g/mol. The first kappa shape index (κ1) is 38.0. The molecule has 0 unspecified atom stereocenters. The molecule has 2 aromatic carbocycles. The van der Waals surface area contributed by atoms with Crippen molar-refractivity contribution < 1.29 is 42.9 Å². The second-order valence-electron chi connectivity index (χ2n) is 13.8. The van der Waals surface area contributed by atoms with Crippen LogP contribution in [0, 0.1) is 11.8 Å². The number of fused-ring (bicyclic) bond motifs is 1. The van der Waals surface area contributed by atoms with E-state index in [-0.39, 0.29) is 49.1 Å². The number of esters is 1. The summed E-state index contributed by atoms with van der Waals surface area (Å²) in [7, 11) is 2.83. The minimum Gasteiger partial charge on any atom is -0.497 e. The summed E-state index contributed by atoms with van der Waals surface area (Å²) in [4.78, 5) is 69.5. The molecule has 4 rings (SSSR count). The van der Waals surface area contributed by atoms with Gasteiger partial charge in [0.05, 0.1) is 14.2 Å². The van der Waals surface area contributed by atoms with Gasteiger partial charge in [-0.15, -0.1) is 0 Å². The first-order valence-electron chi connectivity index (χ1n) is 17.1. The van der Waals surface area contributed by atoms with E-state index in [2.05, 4.69) is 15.4 Å². The van der Waals surface area contributed by atoms with Crippen molar-refractivity contribution in [1.82, 2.24) is 15.1 Å². The van der Waals surface area contributed by atoms with Gasteiger partial charge in [0.15, 0.2) is 6.61 Å². The number of benzene rings is 2. The Kier molecular flexibility index (Phi) is 12.7. The molecule has 2 aliphatic heterocycles. The number of methoxy groups -OCH3 is 2. The zero-order valence-corrected chi connectivity index (χ0v) is 30.1. The summed E-state index contributed by atoms with van der Waals surface area (Å²) < 4.78 is 21.0. The molecular formula is C37H50N4O9. The average molecular weight is 695 g/mol. The van der Waals surface area contributed by atoms with Crippen molar-refractivity contribution in [1.29, 1.82) is 0 Å². The molecule has 50 heavy (non-hydrogen) atoms. The average Bonchev–Trinajstić information content (AvgIpc) is 3.11. The number of nitrogens with one attached hydrogen (secondary N) is 2. The van der Waals surface area contributed by atoms with Crippen LogP contribution < -0.4 is 20.1 Å². The van der Waals surface area contributed by atoms with E-state index in [0.717, 1.165) is 11.1 Å². The number of anilines is 1. The lowest BCUT2D eigenvalue weighted by molar-refractivity contribution is -0.145. The van der Waals surface area contributed by atoms with Gasteiger partial charge in [0, 0.05) is 37.7 Å². The van der Waals surface area contributed by atoms with E-state index in [4.69, 9.17) is 14.2 Å². The highest BCUT2D eigenvalue weighted by atomic mass is 16.6. The predicted molar refractivity (Wildman–Crippen MR) is 186 cm³/mol. The number of amides is 4. The van der Waals surface area contributed by atoms with E-state index in [1.54, 1.807) is 48.4 Å². The Labute approximate surface area is 293 Å². The summed E-state index contributed by atoms with van der Waals surface area (Å²) in [6.07, 6.45) is 1.29. The number of hydrogen-bond donors (Lipinski definition) is 2. The molecule has 0 bridgehead atoms. The lowest BCUT2D eigenvalue weighted by atomic mass is 9.89. The molecule has 0 radical (unpaired) electrons. The Hall–Kier alpha value is -4.81. The highest BCUT2D eigenvalue weighted by molar-refractivity contribution is 5.99. The third-order valence-corrected chi connectivity index (χ3v) is 9.13. The van der Waals surface area contributed by atoms with Crippen molar-refractivity contribution in [2.45, 2.75) is 84.5 Å². The lowest BCUT2D eigenvalue weighted by Crippen LogP contribution is -2.59. The molecule has 1 fully saturated rings. The van der Waals surface area contributed by atoms with Crippen molar-refractivity contribution in [3.8, 4) is 11.5 Å². The van der Waals surface area contributed by atoms with Crippen LogP contribution in [-0.4, -0.2) is 91.2 Å². The van der Waals surface area contributed by atoms with E-state index in [1.807, 2.05) is 40.7 Å². The molecule has 13 nitrogen and oxygen atoms in total. The van der Waals surface area contributed by atoms with Gasteiger partial charge in [0.1, 0.15) is 29.2 Å². The number of carbonyl (C=O) groups is 5. The molecule has 2 aliphatic rings. The van der Waals surface area contributed by atoms with Crippen molar-refractivity contribution in [3.05, 3.63) is 53.6 Å². The van der Waals surface area contributed by atoms with E-state index in [9.17, 15) is 24.0 Å². The Bertz CT molecular complexity index is 1530. The first-order valence-corrected chi connectivity index (χ1v) is 17.1. The second-order valence-corrected chi connectivity index (χ2v) is 13.8. The van der Waals surface area contributed by atoms with Gasteiger partial charge in [0.2, 0.25) is 17.7 Å². The van der Waals surface area contributed by atoms with Gasteiger partial charge >= 0.3 is 12.1 Å². The van der Waals surface area contributed by atoms with Crippen molar-refractivity contribution in [3.63, 3.8) is 0 Å². The van der Waals surface area contributed by atoms with E-state index < -0.39 is 29.7 Å². The molecule has 1 saturated heterocycles. The highest BCUT2D eigenvalue weighted by Gasteiger charge is 2.41. The molecule has 0 aliphatic carbocycles. The highest BCUT2D eigenvalue weighted by Crippen LogP contribution is 2.30. The van der Waals surface area contributed by atoms with Crippen molar-refractivity contribution in [2.75, 3.05) is 39.2 Å². The topological polar surface area (TPSA) is 153 Å². The van der Waals surface area contributed by atoms with Crippen LogP contribution in [0.25, 0.3) is 0 Å². The molecule has 0 aromatic heterocycles. The Morgan fingerprint density at radius 2 is 1.58 bits per heavy atom. The fraction of sp³-hybridized carbons (Fsp3) is 0.541. The third-order valence-electron chi connectivity index (χ3n) is 9.13. The maximum atomic E-state index is 14.5. The fourth-order valence-corrected chi connectivity index (χ4v) is 6.00. The second kappa shape index (κ2) is 16.7. The number of hydrogen-bond acceptors (Lipinski definition) is 9. The first-order chi connectivity index (χ1) is 23.7. The van der Waals surface area contributed by atoms with Gasteiger partial charge in [-0.1, -0.05) is 26.3 Å². The van der Waals surface area contributed by atoms with E-state index in [1.165, 1.54) is 12.0 Å². The minimum atomic E-state index is -0.895. The number of likely N-dealkylation sites (tertiary alicyclic amines) is 1. The quantitative estimate of drug-likeness (QED) is 0.328. The summed E-state index contributed by atoms with van der Waals surface area (Å²) in [5, 5.41) is 5.96. The SMILES string of the molecule is CC[C@H](C)[C@H](NC(=O)C1CCN(C(=O)OC(C)(C)C)CC1)C(=O)N1Cc2cc(OCC(=O)OC)ccc2C[C@H]1C(=O)Nc1ccc(OC)cc1. The zero-order valence-electron chi connectivity index (χ0n) is 30.1.